The van der Waals surface area contributed by atoms with Crippen LogP contribution in [0.25, 0.3) is 22.3 Å². The first kappa shape index (κ1) is 18.5. The molecule has 2 nitrogen and oxygen atoms in total. The van der Waals surface area contributed by atoms with Gasteiger partial charge < -0.3 is 4.98 Å². The second-order valence-corrected chi connectivity index (χ2v) is 8.59. The van der Waals surface area contributed by atoms with Gasteiger partial charge in [0.25, 0.3) is 0 Å². The number of nitrogens with zero attached hydrogens (tertiary/aromatic N) is 1. The van der Waals surface area contributed by atoms with Gasteiger partial charge in [0.2, 0.25) is 0 Å². The number of fused-ring (bicyclic) bond motifs is 1. The average molecular weight is 369 g/mol. The van der Waals surface area contributed by atoms with E-state index in [0.29, 0.717) is 0 Å². The molecular weight excluding hydrogens is 340 g/mol. The van der Waals surface area contributed by atoms with Crippen LogP contribution >= 0.6 is 0 Å². The number of aromatic nitrogens is 2. The normalized spacial score (nSPS) is 11.9. The molecule has 0 saturated carbocycles. The molecule has 1 N–H and O–H groups in total. The Kier molecular flexibility index (Phi) is 4.80. The molecule has 0 unspecified atom stereocenters. The third-order valence-corrected chi connectivity index (χ3v) is 5.51. The summed E-state index contributed by atoms with van der Waals surface area (Å²) in [6, 6.07) is 22.2. The van der Waals surface area contributed by atoms with E-state index in [9.17, 15) is 0 Å². The van der Waals surface area contributed by atoms with Crippen LogP contribution in [0.1, 0.15) is 49.9 Å². The number of aromatic amines is 1. The molecule has 0 radical (unpaired) electrons. The van der Waals surface area contributed by atoms with E-state index < -0.39 is 0 Å². The predicted octanol–water partition coefficient (Wildman–Crippen LogP) is 6.68. The van der Waals surface area contributed by atoms with Crippen molar-refractivity contribution in [1.29, 1.82) is 0 Å². The number of H-pyrrole nitrogens is 1. The highest BCUT2D eigenvalue weighted by molar-refractivity contribution is 5.86. The van der Waals surface area contributed by atoms with E-state index in [2.05, 4.69) is 98.3 Å². The van der Waals surface area contributed by atoms with Gasteiger partial charge in [0.15, 0.2) is 0 Å². The Labute approximate surface area is 167 Å². The third-order valence-electron chi connectivity index (χ3n) is 5.51. The van der Waals surface area contributed by atoms with Crippen molar-refractivity contribution in [3.8, 4) is 11.3 Å². The quantitative estimate of drug-likeness (QED) is 0.427. The van der Waals surface area contributed by atoms with E-state index in [-0.39, 0.29) is 5.41 Å². The van der Waals surface area contributed by atoms with Crippen LogP contribution < -0.4 is 0 Å². The summed E-state index contributed by atoms with van der Waals surface area (Å²) in [4.78, 5) is 8.05. The van der Waals surface area contributed by atoms with Crippen molar-refractivity contribution in [2.45, 2.75) is 46.0 Å². The summed E-state index contributed by atoms with van der Waals surface area (Å²) in [5.74, 6) is 0. The van der Waals surface area contributed by atoms with E-state index in [4.69, 9.17) is 0 Å². The minimum absolute atomic E-state index is 0.186. The zero-order valence-electron chi connectivity index (χ0n) is 17.2. The van der Waals surface area contributed by atoms with Gasteiger partial charge in [-0.2, -0.15) is 0 Å². The topological polar surface area (TPSA) is 28.7 Å². The highest BCUT2D eigenvalue weighted by atomic mass is 14.9. The molecular formula is C26H28N2. The number of benzene rings is 2. The molecule has 0 amide bonds. The van der Waals surface area contributed by atoms with Crippen LogP contribution in [0.2, 0.25) is 0 Å². The molecule has 0 aliphatic rings. The van der Waals surface area contributed by atoms with Crippen molar-refractivity contribution in [2.24, 2.45) is 0 Å². The summed E-state index contributed by atoms with van der Waals surface area (Å²) in [7, 11) is 0. The van der Waals surface area contributed by atoms with Crippen molar-refractivity contribution >= 4 is 11.0 Å². The molecule has 0 bridgehead atoms. The molecule has 0 atom stereocenters. The van der Waals surface area contributed by atoms with E-state index in [0.717, 1.165) is 24.2 Å². The molecule has 2 aromatic carbocycles. The van der Waals surface area contributed by atoms with E-state index in [1.807, 2.05) is 6.20 Å². The van der Waals surface area contributed by atoms with Crippen LogP contribution in [0.15, 0.2) is 66.9 Å². The number of nitrogens with one attached hydrogen (secondary N) is 1. The highest BCUT2D eigenvalue weighted by Crippen LogP contribution is 2.28. The highest BCUT2D eigenvalue weighted by Gasteiger charge is 2.13. The van der Waals surface area contributed by atoms with Gasteiger partial charge in [-0.15, -0.1) is 0 Å². The van der Waals surface area contributed by atoms with Gasteiger partial charge in [-0.25, -0.2) is 4.98 Å². The first-order chi connectivity index (χ1) is 13.4. The molecule has 0 aliphatic carbocycles. The molecule has 0 saturated heterocycles. The molecule has 0 fully saturated rings. The lowest BCUT2D eigenvalue weighted by Crippen LogP contribution is -2.10. The van der Waals surface area contributed by atoms with E-state index in [1.54, 1.807) is 0 Å². The number of rotatable bonds is 4. The fourth-order valence-electron chi connectivity index (χ4n) is 3.65. The van der Waals surface area contributed by atoms with Gasteiger partial charge in [0.1, 0.15) is 5.65 Å². The lowest BCUT2D eigenvalue weighted by Gasteiger charge is -2.19. The van der Waals surface area contributed by atoms with Crippen LogP contribution in [0.3, 0.4) is 0 Å². The molecule has 0 spiro atoms. The van der Waals surface area contributed by atoms with Gasteiger partial charge >= 0.3 is 0 Å². The lowest BCUT2D eigenvalue weighted by atomic mass is 9.86. The monoisotopic (exact) mass is 368 g/mol. The fourth-order valence-corrected chi connectivity index (χ4v) is 3.65. The minimum atomic E-state index is 0.186. The largest absolute Gasteiger partial charge is 0.339 e. The maximum absolute atomic E-state index is 4.55. The van der Waals surface area contributed by atoms with Gasteiger partial charge in [0, 0.05) is 17.3 Å². The van der Waals surface area contributed by atoms with E-state index >= 15 is 0 Å². The minimum Gasteiger partial charge on any atom is -0.339 e. The number of pyridine rings is 1. The Balaban J connectivity index is 1.65. The summed E-state index contributed by atoms with van der Waals surface area (Å²) >= 11 is 0. The molecule has 4 rings (SSSR count). The van der Waals surface area contributed by atoms with Crippen LogP contribution in [0.5, 0.6) is 0 Å². The molecule has 0 aliphatic heterocycles. The van der Waals surface area contributed by atoms with Gasteiger partial charge in [-0.1, -0.05) is 76.2 Å². The first-order valence-corrected chi connectivity index (χ1v) is 10.1. The molecule has 2 heteroatoms. The summed E-state index contributed by atoms with van der Waals surface area (Å²) in [6.07, 6.45) is 3.88. The first-order valence-electron chi connectivity index (χ1n) is 10.1. The van der Waals surface area contributed by atoms with Crippen LogP contribution in [0.4, 0.5) is 0 Å². The summed E-state index contributed by atoms with van der Waals surface area (Å²) in [5.41, 5.74) is 8.84. The zero-order valence-corrected chi connectivity index (χ0v) is 17.2. The Morgan fingerprint density at radius 3 is 2.18 bits per heavy atom. The number of aryl methyl sites for hydroxylation is 1. The van der Waals surface area contributed by atoms with Crippen molar-refractivity contribution in [3.05, 3.63) is 89.1 Å². The Hall–Kier alpha value is -2.87. The van der Waals surface area contributed by atoms with Crippen molar-refractivity contribution in [2.75, 3.05) is 0 Å². The van der Waals surface area contributed by atoms with Gasteiger partial charge in [-0.05, 0) is 58.2 Å². The fraction of sp³-hybridized carbons (Fsp3) is 0.269. The van der Waals surface area contributed by atoms with Gasteiger partial charge in [-0.3, -0.25) is 0 Å². The average Bonchev–Trinajstić information content (AvgIpc) is 3.13. The summed E-state index contributed by atoms with van der Waals surface area (Å²) < 4.78 is 0. The Morgan fingerprint density at radius 1 is 0.857 bits per heavy atom. The van der Waals surface area contributed by atoms with Crippen LogP contribution in [-0.4, -0.2) is 9.97 Å². The van der Waals surface area contributed by atoms with E-state index in [1.165, 1.54) is 33.2 Å². The number of hydrogen-bond donors (Lipinski definition) is 1. The smallest absolute Gasteiger partial charge is 0.137 e. The summed E-state index contributed by atoms with van der Waals surface area (Å²) in [5, 5.41) is 1.21. The second kappa shape index (κ2) is 7.27. The Bertz CT molecular complexity index is 1080. The van der Waals surface area contributed by atoms with Crippen molar-refractivity contribution in [3.63, 3.8) is 0 Å². The van der Waals surface area contributed by atoms with Crippen LogP contribution in [0, 0.1) is 0 Å². The molecule has 2 aromatic heterocycles. The number of hydrogen-bond acceptors (Lipinski definition) is 1. The molecule has 142 valence electrons. The summed E-state index contributed by atoms with van der Waals surface area (Å²) in [6.45, 7) is 8.94. The maximum Gasteiger partial charge on any atom is 0.137 e. The van der Waals surface area contributed by atoms with Crippen molar-refractivity contribution < 1.29 is 0 Å². The zero-order chi connectivity index (χ0) is 19.7. The molecule has 2 heterocycles. The van der Waals surface area contributed by atoms with Crippen molar-refractivity contribution in [1.82, 2.24) is 9.97 Å². The lowest BCUT2D eigenvalue weighted by molar-refractivity contribution is 0.590. The third kappa shape index (κ3) is 3.73. The molecule has 4 aromatic rings. The molecule has 28 heavy (non-hydrogen) atoms. The second-order valence-electron chi connectivity index (χ2n) is 8.59. The Morgan fingerprint density at radius 2 is 1.54 bits per heavy atom. The van der Waals surface area contributed by atoms with Gasteiger partial charge in [0.05, 0.1) is 0 Å². The standard InChI is InChI=1S/C26H28N2/c1-5-18-6-10-20(11-7-18)24-17-23-21(14-15-27-25(23)28-24)16-19-8-12-22(13-9-19)26(2,3)4/h6-15,17H,5,16H2,1-4H3,(H,27,28). The SMILES string of the molecule is CCc1ccc(-c2cc3c(Cc4ccc(C(C)(C)C)cc4)ccnc3[nH]2)cc1. The van der Waals surface area contributed by atoms with Crippen LogP contribution in [-0.2, 0) is 18.3 Å². The predicted molar refractivity (Wildman–Crippen MR) is 119 cm³/mol. The maximum atomic E-state index is 4.55.